The first kappa shape index (κ1) is 19.1. The van der Waals surface area contributed by atoms with Gasteiger partial charge in [-0.3, -0.25) is 9.48 Å². The molecule has 0 saturated heterocycles. The van der Waals surface area contributed by atoms with Crippen LogP contribution in [0.1, 0.15) is 46.1 Å². The molecule has 0 bridgehead atoms. The fourth-order valence-corrected chi connectivity index (χ4v) is 3.88. The Bertz CT molecular complexity index is 995. The van der Waals surface area contributed by atoms with Crippen LogP contribution in [0.15, 0.2) is 54.7 Å². The van der Waals surface area contributed by atoms with E-state index >= 15 is 0 Å². The standard InChI is InChI=1S/C23H25N3O3/c1-28-18-12-10-16(11-13-18)23(27)25-20-7-5-8-21-19(20)14-24-26(21)15-17-6-3-4-9-22(17)29-2/h3-4,6,9-14,20H,5,7-8,15H2,1-2H3,(H,25,27)/t20-/m1/s1. The average molecular weight is 391 g/mol. The minimum atomic E-state index is -0.0806. The van der Waals surface area contributed by atoms with Crippen LogP contribution in [-0.2, 0) is 13.0 Å². The van der Waals surface area contributed by atoms with Crippen molar-refractivity contribution in [1.82, 2.24) is 15.1 Å². The number of nitrogens with one attached hydrogen (secondary N) is 1. The smallest absolute Gasteiger partial charge is 0.251 e. The van der Waals surface area contributed by atoms with Crippen LogP contribution in [0.3, 0.4) is 0 Å². The van der Waals surface area contributed by atoms with E-state index < -0.39 is 0 Å². The van der Waals surface area contributed by atoms with Gasteiger partial charge in [-0.15, -0.1) is 0 Å². The fraction of sp³-hybridized carbons (Fsp3) is 0.304. The number of carbonyl (C=O) groups is 1. The lowest BCUT2D eigenvalue weighted by Crippen LogP contribution is -2.31. The monoisotopic (exact) mass is 391 g/mol. The number of hydrogen-bond acceptors (Lipinski definition) is 4. The number of rotatable bonds is 6. The second kappa shape index (κ2) is 8.39. The second-order valence-corrected chi connectivity index (χ2v) is 7.16. The van der Waals surface area contributed by atoms with Crippen LogP contribution in [0.25, 0.3) is 0 Å². The Morgan fingerprint density at radius 1 is 1.14 bits per heavy atom. The Labute approximate surface area is 170 Å². The van der Waals surface area contributed by atoms with Crippen LogP contribution in [-0.4, -0.2) is 29.9 Å². The maximum atomic E-state index is 12.7. The van der Waals surface area contributed by atoms with Gasteiger partial charge in [-0.2, -0.15) is 5.10 Å². The number of amides is 1. The van der Waals surface area contributed by atoms with Crippen molar-refractivity contribution in [3.05, 3.63) is 77.1 Å². The lowest BCUT2D eigenvalue weighted by atomic mass is 9.92. The van der Waals surface area contributed by atoms with Gasteiger partial charge in [-0.05, 0) is 49.6 Å². The molecule has 0 aliphatic heterocycles. The maximum absolute atomic E-state index is 12.7. The number of para-hydroxylation sites is 1. The van der Waals surface area contributed by atoms with Crippen LogP contribution in [0.5, 0.6) is 11.5 Å². The molecule has 0 fully saturated rings. The van der Waals surface area contributed by atoms with E-state index in [0.29, 0.717) is 12.1 Å². The molecule has 1 heterocycles. The zero-order valence-corrected chi connectivity index (χ0v) is 16.7. The predicted molar refractivity (Wildman–Crippen MR) is 110 cm³/mol. The Morgan fingerprint density at radius 3 is 2.69 bits per heavy atom. The van der Waals surface area contributed by atoms with E-state index in [2.05, 4.69) is 16.5 Å². The first-order valence-corrected chi connectivity index (χ1v) is 9.81. The van der Waals surface area contributed by atoms with Gasteiger partial charge in [0.25, 0.3) is 5.91 Å². The molecule has 1 aliphatic carbocycles. The van der Waals surface area contributed by atoms with Crippen molar-refractivity contribution in [2.75, 3.05) is 14.2 Å². The topological polar surface area (TPSA) is 65.4 Å². The van der Waals surface area contributed by atoms with Gasteiger partial charge in [-0.1, -0.05) is 18.2 Å². The molecule has 1 amide bonds. The predicted octanol–water partition coefficient (Wildman–Crippen LogP) is 3.76. The maximum Gasteiger partial charge on any atom is 0.251 e. The molecule has 150 valence electrons. The van der Waals surface area contributed by atoms with Crippen molar-refractivity contribution in [3.8, 4) is 11.5 Å². The number of benzene rings is 2. The molecule has 2 aromatic carbocycles. The van der Waals surface area contributed by atoms with E-state index in [4.69, 9.17) is 9.47 Å². The zero-order valence-electron chi connectivity index (χ0n) is 16.7. The number of hydrogen-bond donors (Lipinski definition) is 1. The Morgan fingerprint density at radius 2 is 1.93 bits per heavy atom. The minimum absolute atomic E-state index is 0.0280. The Hall–Kier alpha value is -3.28. The van der Waals surface area contributed by atoms with Crippen molar-refractivity contribution in [2.45, 2.75) is 31.8 Å². The number of carbonyl (C=O) groups excluding carboxylic acids is 1. The molecule has 1 N–H and O–H groups in total. The summed E-state index contributed by atoms with van der Waals surface area (Å²) in [5.41, 5.74) is 4.00. The quantitative estimate of drug-likeness (QED) is 0.695. The molecule has 6 nitrogen and oxygen atoms in total. The molecule has 0 saturated carbocycles. The number of methoxy groups -OCH3 is 2. The fourth-order valence-electron chi connectivity index (χ4n) is 3.88. The average Bonchev–Trinajstić information content (AvgIpc) is 3.18. The van der Waals surface area contributed by atoms with Gasteiger partial charge in [0.1, 0.15) is 11.5 Å². The normalized spacial score (nSPS) is 15.4. The summed E-state index contributed by atoms with van der Waals surface area (Å²) in [7, 11) is 3.30. The van der Waals surface area contributed by atoms with Gasteiger partial charge >= 0.3 is 0 Å². The summed E-state index contributed by atoms with van der Waals surface area (Å²) in [6.07, 6.45) is 4.77. The molecule has 0 unspecified atom stereocenters. The van der Waals surface area contributed by atoms with E-state index in [0.717, 1.165) is 41.9 Å². The Balaban J connectivity index is 1.52. The molecule has 29 heavy (non-hydrogen) atoms. The second-order valence-electron chi connectivity index (χ2n) is 7.16. The molecule has 1 aliphatic rings. The number of aromatic nitrogens is 2. The molecule has 6 heteroatoms. The van der Waals surface area contributed by atoms with E-state index in [9.17, 15) is 4.79 Å². The summed E-state index contributed by atoms with van der Waals surface area (Å²) < 4.78 is 12.7. The highest BCUT2D eigenvalue weighted by atomic mass is 16.5. The van der Waals surface area contributed by atoms with Gasteiger partial charge < -0.3 is 14.8 Å². The highest BCUT2D eigenvalue weighted by Gasteiger charge is 2.26. The van der Waals surface area contributed by atoms with Gasteiger partial charge in [0.2, 0.25) is 0 Å². The summed E-state index contributed by atoms with van der Waals surface area (Å²) in [6.45, 7) is 0.651. The van der Waals surface area contributed by atoms with Crippen molar-refractivity contribution in [2.24, 2.45) is 0 Å². The van der Waals surface area contributed by atoms with Crippen LogP contribution in [0.2, 0.25) is 0 Å². The first-order chi connectivity index (χ1) is 14.2. The Kier molecular flexibility index (Phi) is 5.51. The van der Waals surface area contributed by atoms with E-state index in [1.165, 1.54) is 5.69 Å². The molecule has 0 spiro atoms. The van der Waals surface area contributed by atoms with E-state index in [-0.39, 0.29) is 11.9 Å². The van der Waals surface area contributed by atoms with Gasteiger partial charge in [0, 0.05) is 22.4 Å². The summed E-state index contributed by atoms with van der Waals surface area (Å²) in [6, 6.07) is 15.1. The van der Waals surface area contributed by atoms with Crippen LogP contribution < -0.4 is 14.8 Å². The highest BCUT2D eigenvalue weighted by molar-refractivity contribution is 5.94. The van der Waals surface area contributed by atoms with Gasteiger partial charge in [-0.25, -0.2) is 0 Å². The van der Waals surface area contributed by atoms with Crippen molar-refractivity contribution in [1.29, 1.82) is 0 Å². The molecule has 4 rings (SSSR count). The molecular weight excluding hydrogens is 366 g/mol. The van der Waals surface area contributed by atoms with Crippen molar-refractivity contribution >= 4 is 5.91 Å². The van der Waals surface area contributed by atoms with Gasteiger partial charge in [0.15, 0.2) is 0 Å². The van der Waals surface area contributed by atoms with Crippen LogP contribution in [0, 0.1) is 0 Å². The minimum Gasteiger partial charge on any atom is -0.497 e. The number of nitrogens with zero attached hydrogens (tertiary/aromatic N) is 2. The SMILES string of the molecule is COc1ccc(C(=O)N[C@@H]2CCCc3c2cnn3Cc2ccccc2OC)cc1. The summed E-state index contributed by atoms with van der Waals surface area (Å²) >= 11 is 0. The largest absolute Gasteiger partial charge is 0.497 e. The lowest BCUT2D eigenvalue weighted by Gasteiger charge is -2.24. The third kappa shape index (κ3) is 3.97. The first-order valence-electron chi connectivity index (χ1n) is 9.81. The van der Waals surface area contributed by atoms with Crippen LogP contribution in [0.4, 0.5) is 0 Å². The number of fused-ring (bicyclic) bond motifs is 1. The highest BCUT2D eigenvalue weighted by Crippen LogP contribution is 2.31. The third-order valence-corrected chi connectivity index (χ3v) is 5.43. The molecule has 1 aromatic heterocycles. The molecule has 1 atom stereocenters. The van der Waals surface area contributed by atoms with Gasteiger partial charge in [0.05, 0.1) is 33.0 Å². The summed E-state index contributed by atoms with van der Waals surface area (Å²) in [5.74, 6) is 1.51. The molecular formula is C23H25N3O3. The van der Waals surface area contributed by atoms with E-state index in [1.807, 2.05) is 29.1 Å². The summed E-state index contributed by atoms with van der Waals surface area (Å²) in [4.78, 5) is 12.7. The lowest BCUT2D eigenvalue weighted by molar-refractivity contribution is 0.0932. The third-order valence-electron chi connectivity index (χ3n) is 5.43. The zero-order chi connectivity index (χ0) is 20.2. The molecule has 0 radical (unpaired) electrons. The van der Waals surface area contributed by atoms with Crippen molar-refractivity contribution in [3.63, 3.8) is 0 Å². The van der Waals surface area contributed by atoms with Crippen molar-refractivity contribution < 1.29 is 14.3 Å². The summed E-state index contributed by atoms with van der Waals surface area (Å²) in [5, 5.41) is 7.79. The molecule has 3 aromatic rings. The van der Waals surface area contributed by atoms with E-state index in [1.54, 1.807) is 38.5 Å². The number of ether oxygens (including phenoxy) is 2. The van der Waals surface area contributed by atoms with Crippen LogP contribution >= 0.6 is 0 Å².